The number of amides is 1. The summed E-state index contributed by atoms with van der Waals surface area (Å²) in [5, 5.41) is 2.78. The SMILES string of the molecule is O=C(NC1CC1)c1ccc(OCC[C@H]2C[C@@H]2C2CCN(c3ncc(C(F)(F)F)cn3)CC2)cc1F. The molecule has 0 bridgehead atoms. The number of rotatable bonds is 8. The number of benzene rings is 1. The highest BCUT2D eigenvalue weighted by Crippen LogP contribution is 2.50. The van der Waals surface area contributed by atoms with Crippen molar-refractivity contribution < 1.29 is 27.1 Å². The first-order valence-corrected chi connectivity index (χ1v) is 12.2. The first kappa shape index (κ1) is 23.8. The monoisotopic (exact) mass is 492 g/mol. The van der Waals surface area contributed by atoms with Gasteiger partial charge in [0, 0.05) is 37.6 Å². The van der Waals surface area contributed by atoms with Gasteiger partial charge < -0.3 is 15.0 Å². The van der Waals surface area contributed by atoms with Crippen LogP contribution in [0.25, 0.3) is 0 Å². The molecule has 6 nitrogen and oxygen atoms in total. The predicted octanol–water partition coefficient (Wildman–Crippen LogP) is 4.85. The molecule has 1 aliphatic heterocycles. The molecule has 2 atom stereocenters. The molecule has 2 saturated carbocycles. The molecular formula is C25H28F4N4O2. The fourth-order valence-corrected chi connectivity index (χ4v) is 4.93. The van der Waals surface area contributed by atoms with Crippen molar-refractivity contribution in [3.8, 4) is 5.75 Å². The highest BCUT2D eigenvalue weighted by atomic mass is 19.4. The lowest BCUT2D eigenvalue weighted by molar-refractivity contribution is -0.138. The van der Waals surface area contributed by atoms with Crippen molar-refractivity contribution in [2.45, 2.75) is 50.7 Å². The Balaban J connectivity index is 1.03. The summed E-state index contributed by atoms with van der Waals surface area (Å²) in [5.41, 5.74) is -0.795. The van der Waals surface area contributed by atoms with Crippen LogP contribution in [0.3, 0.4) is 0 Å². The maximum atomic E-state index is 14.3. The van der Waals surface area contributed by atoms with Crippen LogP contribution in [-0.2, 0) is 6.18 Å². The minimum Gasteiger partial charge on any atom is -0.493 e. The van der Waals surface area contributed by atoms with Gasteiger partial charge in [-0.05, 0) is 68.4 Å². The molecule has 3 fully saturated rings. The molecule has 0 radical (unpaired) electrons. The molecule has 10 heteroatoms. The zero-order valence-corrected chi connectivity index (χ0v) is 19.2. The summed E-state index contributed by atoms with van der Waals surface area (Å²) in [6, 6.07) is 4.55. The third-order valence-corrected chi connectivity index (χ3v) is 7.23. The fourth-order valence-electron chi connectivity index (χ4n) is 4.93. The van der Waals surface area contributed by atoms with Crippen molar-refractivity contribution in [1.29, 1.82) is 0 Å². The summed E-state index contributed by atoms with van der Waals surface area (Å²) in [6.07, 6.45) is 3.09. The Morgan fingerprint density at radius 2 is 1.83 bits per heavy atom. The summed E-state index contributed by atoms with van der Waals surface area (Å²) in [5.74, 6) is 1.59. The Kier molecular flexibility index (Phi) is 6.55. The number of piperidine rings is 1. The maximum Gasteiger partial charge on any atom is 0.419 e. The number of halogens is 4. The molecule has 2 aliphatic carbocycles. The lowest BCUT2D eigenvalue weighted by Crippen LogP contribution is -2.35. The molecule has 1 aromatic heterocycles. The fraction of sp³-hybridized carbons (Fsp3) is 0.560. The van der Waals surface area contributed by atoms with Gasteiger partial charge in [-0.1, -0.05) is 0 Å². The zero-order valence-electron chi connectivity index (χ0n) is 19.2. The molecule has 1 amide bonds. The number of ether oxygens (including phenoxy) is 1. The average Bonchev–Trinajstić information content (AvgIpc) is 3.76. The summed E-state index contributed by atoms with van der Waals surface area (Å²) in [4.78, 5) is 21.8. The van der Waals surface area contributed by atoms with Crippen LogP contribution in [0.4, 0.5) is 23.5 Å². The molecule has 188 valence electrons. The van der Waals surface area contributed by atoms with Crippen molar-refractivity contribution in [3.05, 3.63) is 47.5 Å². The van der Waals surface area contributed by atoms with E-state index >= 15 is 0 Å². The van der Waals surface area contributed by atoms with E-state index in [1.165, 1.54) is 12.1 Å². The number of aromatic nitrogens is 2. The van der Waals surface area contributed by atoms with Gasteiger partial charge in [0.1, 0.15) is 11.6 Å². The smallest absolute Gasteiger partial charge is 0.419 e. The zero-order chi connectivity index (χ0) is 24.6. The van der Waals surface area contributed by atoms with Crippen molar-refractivity contribution in [1.82, 2.24) is 15.3 Å². The van der Waals surface area contributed by atoms with Crippen molar-refractivity contribution >= 4 is 11.9 Å². The van der Waals surface area contributed by atoms with Crippen LogP contribution in [0.15, 0.2) is 30.6 Å². The molecule has 1 N–H and O–H groups in total. The third-order valence-electron chi connectivity index (χ3n) is 7.23. The molecular weight excluding hydrogens is 464 g/mol. The number of nitrogens with one attached hydrogen (secondary N) is 1. The quantitative estimate of drug-likeness (QED) is 0.534. The summed E-state index contributed by atoms with van der Waals surface area (Å²) >= 11 is 0. The van der Waals surface area contributed by atoms with Gasteiger partial charge in [-0.3, -0.25) is 4.79 Å². The third kappa shape index (κ3) is 5.85. The molecule has 1 aromatic carbocycles. The molecule has 0 spiro atoms. The van der Waals surface area contributed by atoms with Crippen LogP contribution in [0.5, 0.6) is 5.75 Å². The van der Waals surface area contributed by atoms with E-state index in [-0.39, 0.29) is 17.5 Å². The van der Waals surface area contributed by atoms with E-state index in [9.17, 15) is 22.4 Å². The van der Waals surface area contributed by atoms with Crippen LogP contribution in [0.1, 0.15) is 54.4 Å². The van der Waals surface area contributed by atoms with Gasteiger partial charge in [0.25, 0.3) is 5.91 Å². The van der Waals surface area contributed by atoms with Gasteiger partial charge in [-0.25, -0.2) is 14.4 Å². The van der Waals surface area contributed by atoms with Gasteiger partial charge in [0.15, 0.2) is 0 Å². The van der Waals surface area contributed by atoms with Crippen LogP contribution in [-0.4, -0.2) is 41.6 Å². The Morgan fingerprint density at radius 1 is 1.11 bits per heavy atom. The van der Waals surface area contributed by atoms with Gasteiger partial charge in [-0.15, -0.1) is 0 Å². The summed E-state index contributed by atoms with van der Waals surface area (Å²) < 4.78 is 58.1. The number of alkyl halides is 3. The molecule has 5 rings (SSSR count). The first-order chi connectivity index (χ1) is 16.8. The average molecular weight is 493 g/mol. The highest BCUT2D eigenvalue weighted by molar-refractivity contribution is 5.95. The van der Waals surface area contributed by atoms with Crippen molar-refractivity contribution in [2.24, 2.45) is 17.8 Å². The Bertz CT molecular complexity index is 1050. The highest BCUT2D eigenvalue weighted by Gasteiger charge is 2.43. The first-order valence-electron chi connectivity index (χ1n) is 12.2. The van der Waals surface area contributed by atoms with E-state index < -0.39 is 17.6 Å². The van der Waals surface area contributed by atoms with E-state index in [0.29, 0.717) is 36.1 Å². The van der Waals surface area contributed by atoms with E-state index in [4.69, 9.17) is 4.74 Å². The number of carbonyl (C=O) groups excluding carboxylic acids is 1. The normalized spacial score (nSPS) is 22.7. The second kappa shape index (κ2) is 9.62. The van der Waals surface area contributed by atoms with Gasteiger partial charge in [0.2, 0.25) is 5.95 Å². The summed E-state index contributed by atoms with van der Waals surface area (Å²) in [6.45, 7) is 1.96. The number of carbonyl (C=O) groups is 1. The Labute approximate surface area is 201 Å². The van der Waals surface area contributed by atoms with E-state index in [1.54, 1.807) is 6.07 Å². The maximum absolute atomic E-state index is 14.3. The van der Waals surface area contributed by atoms with Gasteiger partial charge in [0.05, 0.1) is 17.7 Å². The number of hydrogen-bond acceptors (Lipinski definition) is 5. The van der Waals surface area contributed by atoms with Crippen molar-refractivity contribution in [2.75, 3.05) is 24.6 Å². The standard InChI is InChI=1S/C25H28F4N4O2/c26-22-12-19(3-4-20(22)23(34)32-18-1-2-18)35-10-7-16-11-21(16)15-5-8-33(9-6-15)24-30-13-17(14-31-24)25(27,28)29/h3-4,12-16,18,21H,1-2,5-11H2,(H,32,34)/t16-,21+/m0/s1. The molecule has 2 heterocycles. The second-order valence-electron chi connectivity index (χ2n) is 9.78. The van der Waals surface area contributed by atoms with Crippen LogP contribution in [0, 0.1) is 23.6 Å². The number of anilines is 1. The van der Waals surface area contributed by atoms with E-state index in [2.05, 4.69) is 15.3 Å². The molecule has 3 aliphatic rings. The molecule has 1 saturated heterocycles. The van der Waals surface area contributed by atoms with Crippen LogP contribution in [0.2, 0.25) is 0 Å². The molecule has 2 aromatic rings. The minimum absolute atomic E-state index is 0.0412. The Morgan fingerprint density at radius 3 is 2.46 bits per heavy atom. The van der Waals surface area contributed by atoms with E-state index in [0.717, 1.165) is 64.0 Å². The molecule has 0 unspecified atom stereocenters. The van der Waals surface area contributed by atoms with E-state index in [1.807, 2.05) is 4.90 Å². The Hall–Kier alpha value is -2.91. The lowest BCUT2D eigenvalue weighted by atomic mass is 9.90. The lowest BCUT2D eigenvalue weighted by Gasteiger charge is -2.32. The summed E-state index contributed by atoms with van der Waals surface area (Å²) in [7, 11) is 0. The van der Waals surface area contributed by atoms with Crippen molar-refractivity contribution in [3.63, 3.8) is 0 Å². The minimum atomic E-state index is -4.43. The van der Waals surface area contributed by atoms with Gasteiger partial charge in [-0.2, -0.15) is 13.2 Å². The molecule has 35 heavy (non-hydrogen) atoms. The second-order valence-corrected chi connectivity index (χ2v) is 9.78. The van der Waals surface area contributed by atoms with Gasteiger partial charge >= 0.3 is 6.18 Å². The van der Waals surface area contributed by atoms with Crippen LogP contribution >= 0.6 is 0 Å². The predicted molar refractivity (Wildman–Crippen MR) is 121 cm³/mol. The number of nitrogens with zero attached hydrogens (tertiary/aromatic N) is 3. The number of hydrogen-bond donors (Lipinski definition) is 1. The topological polar surface area (TPSA) is 67.3 Å². The van der Waals surface area contributed by atoms with Crippen LogP contribution < -0.4 is 15.0 Å². The largest absolute Gasteiger partial charge is 0.493 e.